The Morgan fingerprint density at radius 2 is 1.89 bits per heavy atom. The van der Waals surface area contributed by atoms with Gasteiger partial charge in [0.15, 0.2) is 0 Å². The van der Waals surface area contributed by atoms with Crippen LogP contribution in [0.5, 0.6) is 0 Å². The Morgan fingerprint density at radius 3 is 2.58 bits per heavy atom. The summed E-state index contributed by atoms with van der Waals surface area (Å²) >= 11 is 0. The largest absolute Gasteiger partial charge is 0.387 e. The molecule has 2 rings (SSSR count). The minimum atomic E-state index is -0.700. The zero-order valence-corrected chi connectivity index (χ0v) is 12.5. The van der Waals surface area contributed by atoms with E-state index < -0.39 is 5.60 Å². The van der Waals surface area contributed by atoms with E-state index in [-0.39, 0.29) is 5.54 Å². The molecule has 3 nitrogen and oxygen atoms in total. The Hall–Kier alpha value is -1.06. The zero-order valence-electron chi connectivity index (χ0n) is 12.5. The molecule has 0 saturated carbocycles. The SMILES string of the molecule is CCc1ccccc1N1CC(C)(O)CNC(C)(C)C1. The van der Waals surface area contributed by atoms with Gasteiger partial charge in [-0.1, -0.05) is 25.1 Å². The van der Waals surface area contributed by atoms with Gasteiger partial charge >= 0.3 is 0 Å². The zero-order chi connectivity index (χ0) is 14.1. The summed E-state index contributed by atoms with van der Waals surface area (Å²) < 4.78 is 0. The maximum absolute atomic E-state index is 10.5. The number of anilines is 1. The lowest BCUT2D eigenvalue weighted by molar-refractivity contribution is 0.0696. The van der Waals surface area contributed by atoms with Gasteiger partial charge in [0, 0.05) is 30.9 Å². The van der Waals surface area contributed by atoms with E-state index in [0.29, 0.717) is 13.1 Å². The molecule has 0 radical (unpaired) electrons. The number of hydrogen-bond donors (Lipinski definition) is 2. The Balaban J connectivity index is 2.35. The van der Waals surface area contributed by atoms with Gasteiger partial charge < -0.3 is 15.3 Å². The van der Waals surface area contributed by atoms with E-state index in [4.69, 9.17) is 0 Å². The minimum absolute atomic E-state index is 0.00133. The second kappa shape index (κ2) is 5.14. The highest BCUT2D eigenvalue weighted by atomic mass is 16.3. The lowest BCUT2D eigenvalue weighted by Gasteiger charge is -2.33. The fourth-order valence-corrected chi connectivity index (χ4v) is 2.77. The van der Waals surface area contributed by atoms with Gasteiger partial charge in [0.05, 0.1) is 5.60 Å². The number of hydrogen-bond acceptors (Lipinski definition) is 3. The molecule has 1 aliphatic rings. The Bertz CT molecular complexity index is 422. The van der Waals surface area contributed by atoms with Crippen LogP contribution in [0.25, 0.3) is 0 Å². The van der Waals surface area contributed by atoms with Crippen molar-refractivity contribution in [2.75, 3.05) is 24.5 Å². The molecule has 2 N–H and O–H groups in total. The molecule has 0 spiro atoms. The van der Waals surface area contributed by atoms with E-state index in [2.05, 4.69) is 55.3 Å². The number of aryl methyl sites for hydroxylation is 1. The number of aliphatic hydroxyl groups is 1. The van der Waals surface area contributed by atoms with Gasteiger partial charge in [0.1, 0.15) is 0 Å². The molecule has 1 unspecified atom stereocenters. The maximum Gasteiger partial charge on any atom is 0.0917 e. The van der Waals surface area contributed by atoms with Crippen molar-refractivity contribution in [2.45, 2.75) is 45.3 Å². The van der Waals surface area contributed by atoms with E-state index in [9.17, 15) is 5.11 Å². The molecule has 3 heteroatoms. The van der Waals surface area contributed by atoms with Crippen LogP contribution in [0.4, 0.5) is 5.69 Å². The summed E-state index contributed by atoms with van der Waals surface area (Å²) in [5, 5.41) is 13.9. The van der Waals surface area contributed by atoms with Gasteiger partial charge in [-0.3, -0.25) is 0 Å². The first-order valence-electron chi connectivity index (χ1n) is 7.13. The second-order valence-electron chi connectivity index (χ2n) is 6.57. The number of β-amino-alcohol motifs (C(OH)–C–C–N with tert-alkyl or cyclic N) is 1. The smallest absolute Gasteiger partial charge is 0.0917 e. The molecular formula is C16H26N2O. The van der Waals surface area contributed by atoms with E-state index >= 15 is 0 Å². The number of nitrogens with one attached hydrogen (secondary N) is 1. The lowest BCUT2D eigenvalue weighted by Crippen LogP contribution is -2.47. The number of nitrogens with zero attached hydrogens (tertiary/aromatic N) is 1. The van der Waals surface area contributed by atoms with Crippen molar-refractivity contribution in [2.24, 2.45) is 0 Å². The third kappa shape index (κ3) is 3.48. The van der Waals surface area contributed by atoms with Crippen LogP contribution in [-0.2, 0) is 6.42 Å². The highest BCUT2D eigenvalue weighted by molar-refractivity contribution is 5.54. The fourth-order valence-electron chi connectivity index (χ4n) is 2.77. The van der Waals surface area contributed by atoms with Gasteiger partial charge in [0.2, 0.25) is 0 Å². The summed E-state index contributed by atoms with van der Waals surface area (Å²) in [5.41, 5.74) is 1.90. The predicted octanol–water partition coefficient (Wildman–Crippen LogP) is 2.19. The molecule has 1 aliphatic heterocycles. The highest BCUT2D eigenvalue weighted by Crippen LogP contribution is 2.26. The molecular weight excluding hydrogens is 236 g/mol. The van der Waals surface area contributed by atoms with E-state index in [0.717, 1.165) is 13.0 Å². The fraction of sp³-hybridized carbons (Fsp3) is 0.625. The van der Waals surface area contributed by atoms with Gasteiger partial charge in [-0.15, -0.1) is 0 Å². The third-order valence-corrected chi connectivity index (χ3v) is 3.78. The standard InChI is InChI=1S/C16H26N2O/c1-5-13-8-6-7-9-14(13)18-11-15(2,3)17-10-16(4,19)12-18/h6-9,17,19H,5,10-12H2,1-4H3. The van der Waals surface area contributed by atoms with Crippen molar-refractivity contribution in [3.63, 3.8) is 0 Å². The summed E-state index contributed by atoms with van der Waals surface area (Å²) in [5.74, 6) is 0. The molecule has 19 heavy (non-hydrogen) atoms. The topological polar surface area (TPSA) is 35.5 Å². The van der Waals surface area contributed by atoms with Crippen molar-refractivity contribution in [3.8, 4) is 0 Å². The molecule has 1 heterocycles. The lowest BCUT2D eigenvalue weighted by atomic mass is 10.0. The molecule has 0 bridgehead atoms. The van der Waals surface area contributed by atoms with Crippen LogP contribution in [0.2, 0.25) is 0 Å². The summed E-state index contributed by atoms with van der Waals surface area (Å²) in [4.78, 5) is 2.32. The first-order valence-corrected chi connectivity index (χ1v) is 7.13. The summed E-state index contributed by atoms with van der Waals surface area (Å²) in [6, 6.07) is 8.50. The van der Waals surface area contributed by atoms with Crippen LogP contribution in [0.3, 0.4) is 0 Å². The van der Waals surface area contributed by atoms with E-state index in [1.165, 1.54) is 11.3 Å². The summed E-state index contributed by atoms with van der Waals surface area (Å²) in [6.07, 6.45) is 1.02. The molecule has 1 fully saturated rings. The van der Waals surface area contributed by atoms with Crippen molar-refractivity contribution >= 4 is 5.69 Å². The quantitative estimate of drug-likeness (QED) is 0.857. The van der Waals surface area contributed by atoms with Crippen LogP contribution in [0, 0.1) is 0 Å². The average molecular weight is 262 g/mol. The molecule has 1 saturated heterocycles. The van der Waals surface area contributed by atoms with Crippen LogP contribution >= 0.6 is 0 Å². The Morgan fingerprint density at radius 1 is 1.21 bits per heavy atom. The van der Waals surface area contributed by atoms with Crippen molar-refractivity contribution in [3.05, 3.63) is 29.8 Å². The molecule has 0 aliphatic carbocycles. The van der Waals surface area contributed by atoms with Crippen molar-refractivity contribution < 1.29 is 5.11 Å². The number of benzene rings is 1. The van der Waals surface area contributed by atoms with E-state index in [1.54, 1.807) is 0 Å². The number of para-hydroxylation sites is 1. The molecule has 0 aromatic heterocycles. The first kappa shape index (κ1) is 14.4. The predicted molar refractivity (Wildman–Crippen MR) is 80.7 cm³/mol. The molecule has 0 amide bonds. The molecule has 1 atom stereocenters. The summed E-state index contributed by atoms with van der Waals surface area (Å²) in [6.45, 7) is 10.7. The van der Waals surface area contributed by atoms with Crippen LogP contribution < -0.4 is 10.2 Å². The van der Waals surface area contributed by atoms with E-state index in [1.807, 2.05) is 6.92 Å². The maximum atomic E-state index is 10.5. The highest BCUT2D eigenvalue weighted by Gasteiger charge is 2.34. The Kier molecular flexibility index (Phi) is 3.88. The second-order valence-corrected chi connectivity index (χ2v) is 6.57. The van der Waals surface area contributed by atoms with Crippen LogP contribution in [0.15, 0.2) is 24.3 Å². The monoisotopic (exact) mass is 262 g/mol. The summed E-state index contributed by atoms with van der Waals surface area (Å²) in [7, 11) is 0. The first-order chi connectivity index (χ1) is 8.83. The van der Waals surface area contributed by atoms with Crippen LogP contribution in [-0.4, -0.2) is 35.9 Å². The van der Waals surface area contributed by atoms with Gasteiger partial charge in [0.25, 0.3) is 0 Å². The molecule has 1 aromatic carbocycles. The van der Waals surface area contributed by atoms with Crippen molar-refractivity contribution in [1.29, 1.82) is 0 Å². The van der Waals surface area contributed by atoms with Gasteiger partial charge in [-0.2, -0.15) is 0 Å². The minimum Gasteiger partial charge on any atom is -0.387 e. The third-order valence-electron chi connectivity index (χ3n) is 3.78. The van der Waals surface area contributed by atoms with Gasteiger partial charge in [-0.25, -0.2) is 0 Å². The van der Waals surface area contributed by atoms with Gasteiger partial charge in [-0.05, 0) is 38.8 Å². The molecule has 106 valence electrons. The number of rotatable bonds is 2. The average Bonchev–Trinajstić information content (AvgIpc) is 2.46. The van der Waals surface area contributed by atoms with Crippen LogP contribution in [0.1, 0.15) is 33.3 Å². The normalized spacial score (nSPS) is 27.1. The van der Waals surface area contributed by atoms with Crippen molar-refractivity contribution in [1.82, 2.24) is 5.32 Å². The Labute approximate surface area is 116 Å². The molecule has 1 aromatic rings.